The van der Waals surface area contributed by atoms with Gasteiger partial charge in [-0.05, 0) is 29.1 Å². The van der Waals surface area contributed by atoms with Crippen molar-refractivity contribution in [1.82, 2.24) is 9.97 Å². The van der Waals surface area contributed by atoms with Crippen molar-refractivity contribution in [1.29, 1.82) is 5.26 Å². The first-order chi connectivity index (χ1) is 9.38. The number of hydrogen-bond acceptors (Lipinski definition) is 4. The van der Waals surface area contributed by atoms with Gasteiger partial charge in [0, 0.05) is 11.8 Å². The Hall–Kier alpha value is -2.51. The lowest BCUT2D eigenvalue weighted by Crippen LogP contribution is -1.89. The first kappa shape index (κ1) is 11.6. The molecule has 2 heterocycles. The summed E-state index contributed by atoms with van der Waals surface area (Å²) >= 11 is 1.65. The van der Waals surface area contributed by atoms with Gasteiger partial charge in [0.15, 0.2) is 0 Å². The van der Waals surface area contributed by atoms with E-state index < -0.39 is 0 Å². The summed E-state index contributed by atoms with van der Waals surface area (Å²) in [5, 5.41) is 10.9. The molecular formula is C15H9N3S. The lowest BCUT2D eigenvalue weighted by Gasteiger charge is -2.06. The zero-order valence-corrected chi connectivity index (χ0v) is 10.8. The molecule has 3 rings (SSSR count). The van der Waals surface area contributed by atoms with Gasteiger partial charge >= 0.3 is 0 Å². The molecule has 0 amide bonds. The number of nitriles is 1. The van der Waals surface area contributed by atoms with Crippen molar-refractivity contribution in [2.45, 2.75) is 0 Å². The maximum atomic E-state index is 8.83. The summed E-state index contributed by atoms with van der Waals surface area (Å²) in [6, 6.07) is 13.6. The van der Waals surface area contributed by atoms with Crippen LogP contribution in [0.25, 0.3) is 21.7 Å². The van der Waals surface area contributed by atoms with Gasteiger partial charge in [-0.15, -0.1) is 11.3 Å². The summed E-state index contributed by atoms with van der Waals surface area (Å²) in [5.41, 5.74) is 3.57. The van der Waals surface area contributed by atoms with Crippen molar-refractivity contribution in [2.75, 3.05) is 0 Å². The fourth-order valence-electron chi connectivity index (χ4n) is 1.87. The molecule has 1 aromatic carbocycles. The van der Waals surface area contributed by atoms with Gasteiger partial charge < -0.3 is 0 Å². The van der Waals surface area contributed by atoms with Gasteiger partial charge in [0.2, 0.25) is 0 Å². The molecule has 0 spiro atoms. The predicted molar refractivity (Wildman–Crippen MR) is 75.5 cm³/mol. The number of hydrogen-bond donors (Lipinski definition) is 0. The quantitative estimate of drug-likeness (QED) is 0.707. The van der Waals surface area contributed by atoms with E-state index >= 15 is 0 Å². The van der Waals surface area contributed by atoms with Crippen LogP contribution in [0.4, 0.5) is 0 Å². The molecule has 0 aliphatic heterocycles. The maximum absolute atomic E-state index is 8.83. The lowest BCUT2D eigenvalue weighted by atomic mass is 10.0. The van der Waals surface area contributed by atoms with Crippen molar-refractivity contribution in [3.63, 3.8) is 0 Å². The van der Waals surface area contributed by atoms with Crippen LogP contribution in [0.1, 0.15) is 5.56 Å². The van der Waals surface area contributed by atoms with E-state index in [0.717, 1.165) is 21.7 Å². The van der Waals surface area contributed by atoms with Crippen molar-refractivity contribution in [3.8, 4) is 27.8 Å². The lowest BCUT2D eigenvalue weighted by molar-refractivity contribution is 1.18. The smallest absolute Gasteiger partial charge is 0.116 e. The number of nitrogens with zero attached hydrogens (tertiary/aromatic N) is 3. The van der Waals surface area contributed by atoms with Crippen LogP contribution in [0.15, 0.2) is 54.3 Å². The third kappa shape index (κ3) is 2.24. The molecule has 0 saturated heterocycles. The van der Waals surface area contributed by atoms with E-state index in [1.165, 1.54) is 0 Å². The second-order valence-corrected chi connectivity index (χ2v) is 4.90. The molecule has 0 saturated carbocycles. The predicted octanol–water partition coefficient (Wildman–Crippen LogP) is 3.74. The van der Waals surface area contributed by atoms with E-state index in [4.69, 9.17) is 5.26 Å². The van der Waals surface area contributed by atoms with Crippen LogP contribution in [0.2, 0.25) is 0 Å². The first-order valence-corrected chi connectivity index (χ1v) is 6.61. The Balaban J connectivity index is 2.12. The van der Waals surface area contributed by atoms with E-state index in [2.05, 4.69) is 16.0 Å². The van der Waals surface area contributed by atoms with Gasteiger partial charge in [0.25, 0.3) is 0 Å². The molecule has 2 aromatic heterocycles. The summed E-state index contributed by atoms with van der Waals surface area (Å²) in [4.78, 5) is 9.59. The van der Waals surface area contributed by atoms with Gasteiger partial charge in [-0.3, -0.25) is 0 Å². The van der Waals surface area contributed by atoms with E-state index in [1.807, 2.05) is 35.8 Å². The average molecular weight is 263 g/mol. The molecule has 0 N–H and O–H groups in total. The minimum atomic E-state index is 0.651. The zero-order valence-electron chi connectivity index (χ0n) is 9.95. The van der Waals surface area contributed by atoms with Gasteiger partial charge in [-0.1, -0.05) is 18.2 Å². The van der Waals surface area contributed by atoms with Crippen LogP contribution in [0, 0.1) is 11.3 Å². The number of benzene rings is 1. The highest BCUT2D eigenvalue weighted by Crippen LogP contribution is 2.32. The highest BCUT2D eigenvalue weighted by atomic mass is 32.1. The summed E-state index contributed by atoms with van der Waals surface area (Å²) in [5.74, 6) is 0. The van der Waals surface area contributed by atoms with Crippen LogP contribution < -0.4 is 0 Å². The van der Waals surface area contributed by atoms with Crippen molar-refractivity contribution in [3.05, 3.63) is 59.9 Å². The molecule has 4 heteroatoms. The average Bonchev–Trinajstić information content (AvgIpc) is 3.01. The van der Waals surface area contributed by atoms with Gasteiger partial charge in [0.1, 0.15) is 6.33 Å². The Bertz CT molecular complexity index is 725. The molecule has 0 bridgehead atoms. The number of thiophene rings is 1. The van der Waals surface area contributed by atoms with Gasteiger partial charge in [-0.25, -0.2) is 9.97 Å². The SMILES string of the molecule is N#Cc1ccc(-c2cncnc2-c2cccs2)cc1. The standard InChI is InChI=1S/C15H9N3S/c16-8-11-3-5-12(6-4-11)13-9-17-10-18-15(13)14-2-1-7-19-14/h1-7,9-10H. The number of aromatic nitrogens is 2. The topological polar surface area (TPSA) is 49.6 Å². The molecule has 90 valence electrons. The Morgan fingerprint density at radius 3 is 2.63 bits per heavy atom. The van der Waals surface area contributed by atoms with E-state index in [9.17, 15) is 0 Å². The van der Waals surface area contributed by atoms with Crippen LogP contribution in [0.3, 0.4) is 0 Å². The summed E-state index contributed by atoms with van der Waals surface area (Å²) < 4.78 is 0. The normalized spacial score (nSPS) is 10.1. The molecule has 0 unspecified atom stereocenters. The van der Waals surface area contributed by atoms with E-state index in [-0.39, 0.29) is 0 Å². The maximum Gasteiger partial charge on any atom is 0.116 e. The van der Waals surface area contributed by atoms with Gasteiger partial charge in [0.05, 0.1) is 22.2 Å². The zero-order chi connectivity index (χ0) is 13.1. The minimum absolute atomic E-state index is 0.651. The second-order valence-electron chi connectivity index (χ2n) is 3.95. The Morgan fingerprint density at radius 1 is 1.11 bits per heavy atom. The van der Waals surface area contributed by atoms with Crippen LogP contribution in [-0.2, 0) is 0 Å². The van der Waals surface area contributed by atoms with Crippen molar-refractivity contribution >= 4 is 11.3 Å². The molecule has 0 atom stereocenters. The summed E-state index contributed by atoms with van der Waals surface area (Å²) in [7, 11) is 0. The highest BCUT2D eigenvalue weighted by molar-refractivity contribution is 7.13. The molecular weight excluding hydrogens is 254 g/mol. The van der Waals surface area contributed by atoms with Crippen LogP contribution in [-0.4, -0.2) is 9.97 Å². The van der Waals surface area contributed by atoms with Crippen LogP contribution in [0.5, 0.6) is 0 Å². The van der Waals surface area contributed by atoms with Crippen molar-refractivity contribution < 1.29 is 0 Å². The highest BCUT2D eigenvalue weighted by Gasteiger charge is 2.09. The molecule has 0 aliphatic carbocycles. The van der Waals surface area contributed by atoms with Gasteiger partial charge in [-0.2, -0.15) is 5.26 Å². The van der Waals surface area contributed by atoms with E-state index in [1.54, 1.807) is 29.8 Å². The molecule has 19 heavy (non-hydrogen) atoms. The Labute approximate surface area is 114 Å². The fourth-order valence-corrected chi connectivity index (χ4v) is 2.61. The van der Waals surface area contributed by atoms with Crippen molar-refractivity contribution in [2.24, 2.45) is 0 Å². The molecule has 0 aliphatic rings. The Kier molecular flexibility index (Phi) is 3.05. The Morgan fingerprint density at radius 2 is 1.95 bits per heavy atom. The molecule has 3 nitrogen and oxygen atoms in total. The third-order valence-corrected chi connectivity index (χ3v) is 3.67. The molecule has 0 radical (unpaired) electrons. The molecule has 3 aromatic rings. The van der Waals surface area contributed by atoms with Crippen LogP contribution >= 0.6 is 11.3 Å². The minimum Gasteiger partial charge on any atom is -0.244 e. The second kappa shape index (κ2) is 5.01. The summed E-state index contributed by atoms with van der Waals surface area (Å²) in [6.45, 7) is 0. The molecule has 0 fully saturated rings. The monoisotopic (exact) mass is 263 g/mol. The number of rotatable bonds is 2. The largest absolute Gasteiger partial charge is 0.244 e. The first-order valence-electron chi connectivity index (χ1n) is 5.73. The fraction of sp³-hybridized carbons (Fsp3) is 0. The third-order valence-electron chi connectivity index (χ3n) is 2.79. The summed E-state index contributed by atoms with van der Waals surface area (Å²) in [6.07, 6.45) is 3.37. The van der Waals surface area contributed by atoms with E-state index in [0.29, 0.717) is 5.56 Å².